The molecule has 1 amide bonds. The van der Waals surface area contributed by atoms with Gasteiger partial charge in [0.2, 0.25) is 0 Å². The molecule has 0 unspecified atom stereocenters. The van der Waals surface area contributed by atoms with Gasteiger partial charge < -0.3 is 14.2 Å². The molecule has 0 saturated heterocycles. The number of imidazole rings is 1. The first-order valence-electron chi connectivity index (χ1n) is 10.3. The van der Waals surface area contributed by atoms with Crippen molar-refractivity contribution in [2.45, 2.75) is 58.0 Å². The lowest BCUT2D eigenvalue weighted by Gasteiger charge is -2.21. The van der Waals surface area contributed by atoms with Gasteiger partial charge in [0.05, 0.1) is 12.3 Å². The Morgan fingerprint density at radius 2 is 1.96 bits per heavy atom. The third-order valence-corrected chi connectivity index (χ3v) is 5.46. The number of rotatable bonds is 6. The number of hydrogen-bond acceptors (Lipinski definition) is 4. The van der Waals surface area contributed by atoms with Crippen LogP contribution >= 0.6 is 0 Å². The number of fused-ring (bicyclic) bond motifs is 1. The highest BCUT2D eigenvalue weighted by Gasteiger charge is 2.37. The van der Waals surface area contributed by atoms with Gasteiger partial charge in [-0.15, -0.1) is 0 Å². The zero-order valence-electron chi connectivity index (χ0n) is 16.4. The van der Waals surface area contributed by atoms with Crippen molar-refractivity contribution in [3.05, 3.63) is 41.7 Å². The third-order valence-electron chi connectivity index (χ3n) is 5.46. The molecule has 2 aromatic rings. The Hall–Kier alpha value is -2.63. The van der Waals surface area contributed by atoms with Gasteiger partial charge in [-0.05, 0) is 39.0 Å². The molecular formula is C22H27N3O3. The molecule has 1 aliphatic carbocycles. The number of esters is 1. The maximum atomic E-state index is 13.4. The topological polar surface area (TPSA) is 64.4 Å². The number of ether oxygens (including phenoxy) is 1. The van der Waals surface area contributed by atoms with Crippen LogP contribution in [0.4, 0.5) is 0 Å². The first-order valence-corrected chi connectivity index (χ1v) is 10.3. The maximum Gasteiger partial charge on any atom is 0.325 e. The lowest BCUT2D eigenvalue weighted by molar-refractivity contribution is -0.144. The van der Waals surface area contributed by atoms with E-state index in [2.05, 4.69) is 4.57 Å². The van der Waals surface area contributed by atoms with Crippen LogP contribution < -0.4 is 0 Å². The van der Waals surface area contributed by atoms with Gasteiger partial charge in [0.25, 0.3) is 5.91 Å². The Morgan fingerprint density at radius 1 is 1.18 bits per heavy atom. The Bertz CT molecular complexity index is 855. The van der Waals surface area contributed by atoms with Crippen molar-refractivity contribution in [3.63, 3.8) is 0 Å². The molecule has 0 bridgehead atoms. The number of carbonyl (C=O) groups is 2. The smallest absolute Gasteiger partial charge is 0.325 e. The fraction of sp³-hybridized carbons (Fsp3) is 0.500. The molecule has 0 atom stereocenters. The predicted octanol–water partition coefficient (Wildman–Crippen LogP) is 3.44. The van der Waals surface area contributed by atoms with Crippen molar-refractivity contribution < 1.29 is 14.3 Å². The molecule has 2 heterocycles. The zero-order valence-corrected chi connectivity index (χ0v) is 16.4. The van der Waals surface area contributed by atoms with Gasteiger partial charge in [-0.25, -0.2) is 4.98 Å². The van der Waals surface area contributed by atoms with Crippen LogP contribution in [0.25, 0.3) is 11.4 Å². The van der Waals surface area contributed by atoms with Crippen molar-refractivity contribution in [2.24, 2.45) is 0 Å². The lowest BCUT2D eigenvalue weighted by atomic mass is 10.1. The molecule has 4 rings (SSSR count). The SMILES string of the molecule is CCOC(=O)CN(C(=O)c1nc(-c2ccccc2)n2c1CCCCC2)C1CC1. The summed E-state index contributed by atoms with van der Waals surface area (Å²) in [6.45, 7) is 2.98. The standard InChI is InChI=1S/C22H27N3O3/c1-2-28-19(26)15-25(17-12-13-17)22(27)20-18-11-7-4-8-14-24(18)21(23-20)16-9-5-3-6-10-16/h3,5-6,9-10,17H,2,4,7-8,11-15H2,1H3. The van der Waals surface area contributed by atoms with Crippen molar-refractivity contribution in [2.75, 3.05) is 13.2 Å². The molecule has 2 aliphatic rings. The Morgan fingerprint density at radius 3 is 2.68 bits per heavy atom. The Kier molecular flexibility index (Phi) is 5.46. The van der Waals surface area contributed by atoms with Crippen LogP contribution in [0, 0.1) is 0 Å². The van der Waals surface area contributed by atoms with E-state index in [1.807, 2.05) is 30.3 Å². The van der Waals surface area contributed by atoms with Crippen molar-refractivity contribution in [3.8, 4) is 11.4 Å². The van der Waals surface area contributed by atoms with Crippen LogP contribution in [0.5, 0.6) is 0 Å². The van der Waals surface area contributed by atoms with Crippen LogP contribution in [0.15, 0.2) is 30.3 Å². The summed E-state index contributed by atoms with van der Waals surface area (Å²) in [5.41, 5.74) is 2.54. The number of hydrogen-bond donors (Lipinski definition) is 0. The number of amides is 1. The number of benzene rings is 1. The van der Waals surface area contributed by atoms with Crippen molar-refractivity contribution in [1.82, 2.24) is 14.5 Å². The fourth-order valence-corrected chi connectivity index (χ4v) is 3.93. The molecule has 0 radical (unpaired) electrons. The van der Waals surface area contributed by atoms with Gasteiger partial charge in [-0.3, -0.25) is 9.59 Å². The molecule has 1 aromatic carbocycles. The maximum absolute atomic E-state index is 13.4. The minimum atomic E-state index is -0.351. The van der Waals surface area contributed by atoms with Gasteiger partial charge in [0, 0.05) is 18.2 Å². The summed E-state index contributed by atoms with van der Waals surface area (Å²) in [6, 6.07) is 10.2. The quantitative estimate of drug-likeness (QED) is 0.719. The van der Waals surface area contributed by atoms with E-state index in [1.54, 1.807) is 11.8 Å². The van der Waals surface area contributed by atoms with E-state index in [0.717, 1.165) is 62.2 Å². The van der Waals surface area contributed by atoms with Gasteiger partial charge in [0.15, 0.2) is 0 Å². The summed E-state index contributed by atoms with van der Waals surface area (Å²) in [5, 5.41) is 0. The minimum absolute atomic E-state index is 0.00428. The number of nitrogens with zero attached hydrogens (tertiary/aromatic N) is 3. The average Bonchev–Trinajstić information content (AvgIpc) is 3.52. The second kappa shape index (κ2) is 8.17. The second-order valence-corrected chi connectivity index (χ2v) is 7.53. The molecule has 0 spiro atoms. The van der Waals surface area contributed by atoms with E-state index in [1.165, 1.54) is 0 Å². The monoisotopic (exact) mass is 381 g/mol. The van der Waals surface area contributed by atoms with Crippen LogP contribution in [-0.4, -0.2) is 45.5 Å². The normalized spacial score (nSPS) is 16.2. The first-order chi connectivity index (χ1) is 13.7. The van der Waals surface area contributed by atoms with Crippen molar-refractivity contribution in [1.29, 1.82) is 0 Å². The molecule has 148 valence electrons. The van der Waals surface area contributed by atoms with E-state index in [9.17, 15) is 9.59 Å². The van der Waals surface area contributed by atoms with Gasteiger partial charge >= 0.3 is 5.97 Å². The zero-order chi connectivity index (χ0) is 19.5. The Balaban J connectivity index is 1.71. The van der Waals surface area contributed by atoms with Crippen molar-refractivity contribution >= 4 is 11.9 Å². The average molecular weight is 381 g/mol. The van der Waals surface area contributed by atoms with Crippen LogP contribution in [0.1, 0.15) is 55.2 Å². The first kappa shape index (κ1) is 18.7. The van der Waals surface area contributed by atoms with E-state index >= 15 is 0 Å². The summed E-state index contributed by atoms with van der Waals surface area (Å²) in [6.07, 6.45) is 6.02. The molecule has 28 heavy (non-hydrogen) atoms. The van der Waals surface area contributed by atoms with Crippen LogP contribution in [-0.2, 0) is 22.5 Å². The predicted molar refractivity (Wildman–Crippen MR) is 106 cm³/mol. The number of carbonyl (C=O) groups excluding carboxylic acids is 2. The molecule has 6 nitrogen and oxygen atoms in total. The molecule has 6 heteroatoms. The van der Waals surface area contributed by atoms with E-state index in [4.69, 9.17) is 9.72 Å². The number of aromatic nitrogens is 2. The molecule has 1 fully saturated rings. The third kappa shape index (κ3) is 3.81. The van der Waals surface area contributed by atoms with E-state index in [-0.39, 0.29) is 24.5 Å². The molecule has 1 saturated carbocycles. The summed E-state index contributed by atoms with van der Waals surface area (Å²) < 4.78 is 7.30. The van der Waals surface area contributed by atoms with Crippen LogP contribution in [0.3, 0.4) is 0 Å². The minimum Gasteiger partial charge on any atom is -0.465 e. The summed E-state index contributed by atoms with van der Waals surface area (Å²) in [5.74, 6) is 0.368. The highest BCUT2D eigenvalue weighted by atomic mass is 16.5. The highest BCUT2D eigenvalue weighted by molar-refractivity contribution is 5.96. The van der Waals surface area contributed by atoms with E-state index < -0.39 is 0 Å². The van der Waals surface area contributed by atoms with Gasteiger partial charge in [-0.2, -0.15) is 0 Å². The van der Waals surface area contributed by atoms with Gasteiger partial charge in [-0.1, -0.05) is 36.8 Å². The van der Waals surface area contributed by atoms with Gasteiger partial charge in [0.1, 0.15) is 18.1 Å². The fourth-order valence-electron chi connectivity index (χ4n) is 3.93. The Labute approximate surface area is 165 Å². The lowest BCUT2D eigenvalue weighted by Crippen LogP contribution is -2.39. The highest BCUT2D eigenvalue weighted by Crippen LogP contribution is 2.32. The summed E-state index contributed by atoms with van der Waals surface area (Å²) in [4.78, 5) is 32.0. The molecule has 0 N–H and O–H groups in total. The largest absolute Gasteiger partial charge is 0.465 e. The molecular weight excluding hydrogens is 354 g/mol. The summed E-state index contributed by atoms with van der Waals surface area (Å²) >= 11 is 0. The molecule has 1 aromatic heterocycles. The molecule has 1 aliphatic heterocycles. The van der Waals surface area contributed by atoms with Crippen LogP contribution in [0.2, 0.25) is 0 Å². The summed E-state index contributed by atoms with van der Waals surface area (Å²) in [7, 11) is 0. The van der Waals surface area contributed by atoms with E-state index in [0.29, 0.717) is 12.3 Å². The second-order valence-electron chi connectivity index (χ2n) is 7.53.